The summed E-state index contributed by atoms with van der Waals surface area (Å²) >= 11 is 2.61. The Bertz CT molecular complexity index is 1300. The molecule has 0 aliphatic carbocycles. The molecule has 0 bridgehead atoms. The maximum absolute atomic E-state index is 12.4. The molecule has 5 heterocycles. The first-order valence-corrected chi connectivity index (χ1v) is 13.4. The Morgan fingerprint density at radius 2 is 2.03 bits per heavy atom. The number of carbonyl (C=O) groups excluding carboxylic acids is 2. The molecule has 0 saturated carbocycles. The first-order valence-electron chi connectivity index (χ1n) is 11.7. The molecule has 1 fully saturated rings. The van der Waals surface area contributed by atoms with Gasteiger partial charge in [-0.05, 0) is 33.3 Å². The number of morpholine rings is 1. The van der Waals surface area contributed by atoms with Crippen molar-refractivity contribution in [2.24, 2.45) is 0 Å². The fraction of sp³-hybridized carbons (Fsp3) is 0.542. The van der Waals surface area contributed by atoms with Crippen molar-refractivity contribution in [3.63, 3.8) is 0 Å². The summed E-state index contributed by atoms with van der Waals surface area (Å²) in [5.74, 6) is 0.111. The predicted molar refractivity (Wildman–Crippen MR) is 135 cm³/mol. The van der Waals surface area contributed by atoms with Crippen LogP contribution in [0.3, 0.4) is 0 Å². The van der Waals surface area contributed by atoms with Gasteiger partial charge in [0.25, 0.3) is 0 Å². The summed E-state index contributed by atoms with van der Waals surface area (Å²) < 4.78 is 17.7. The molecule has 1 saturated heterocycles. The number of carbonyl (C=O) groups is 2. The Morgan fingerprint density at radius 3 is 2.74 bits per heavy atom. The molecule has 186 valence electrons. The molecule has 5 rings (SSSR count). The first kappa shape index (κ1) is 24.4. The number of hydrogen-bond acceptors (Lipinski definition) is 11. The largest absolute Gasteiger partial charge is 0.465 e. The van der Waals surface area contributed by atoms with Crippen LogP contribution >= 0.6 is 23.1 Å². The van der Waals surface area contributed by atoms with Gasteiger partial charge in [-0.1, -0.05) is 11.8 Å². The zero-order chi connectivity index (χ0) is 24.7. The van der Waals surface area contributed by atoms with E-state index >= 15 is 0 Å². The lowest BCUT2D eigenvalue weighted by atomic mass is 9.90. The van der Waals surface area contributed by atoms with E-state index < -0.39 is 11.2 Å². The fourth-order valence-corrected chi connectivity index (χ4v) is 6.69. The highest BCUT2D eigenvalue weighted by Crippen LogP contribution is 2.45. The van der Waals surface area contributed by atoms with E-state index in [-0.39, 0.29) is 18.0 Å². The molecular weight excluding hydrogens is 488 g/mol. The van der Waals surface area contributed by atoms with Gasteiger partial charge in [-0.3, -0.25) is 9.59 Å². The maximum atomic E-state index is 12.4. The van der Waals surface area contributed by atoms with Crippen LogP contribution in [0.2, 0.25) is 0 Å². The lowest BCUT2D eigenvalue weighted by Crippen LogP contribution is -2.39. The summed E-state index contributed by atoms with van der Waals surface area (Å²) in [5, 5.41) is 0.615. The van der Waals surface area contributed by atoms with Crippen LogP contribution < -0.4 is 4.90 Å². The number of aromatic nitrogens is 3. The summed E-state index contributed by atoms with van der Waals surface area (Å²) in [6, 6.07) is 0. The zero-order valence-corrected chi connectivity index (χ0v) is 21.9. The quantitative estimate of drug-likeness (QED) is 0.209. The SMILES string of the molecule is CCOC(=O)C(Sc1ncnc2c1sc1nc(N3CCOCC3)c3c(c12)CC(C)(C)OC3)C(C)=O. The van der Waals surface area contributed by atoms with Crippen molar-refractivity contribution in [1.29, 1.82) is 0 Å². The summed E-state index contributed by atoms with van der Waals surface area (Å²) in [4.78, 5) is 42.0. The highest BCUT2D eigenvalue weighted by atomic mass is 32.2. The monoisotopic (exact) mass is 516 g/mol. The van der Waals surface area contributed by atoms with E-state index in [1.807, 2.05) is 0 Å². The molecule has 1 unspecified atom stereocenters. The minimum atomic E-state index is -0.976. The van der Waals surface area contributed by atoms with Crippen molar-refractivity contribution in [3.05, 3.63) is 17.5 Å². The Kier molecular flexibility index (Phi) is 6.69. The highest BCUT2D eigenvalue weighted by Gasteiger charge is 2.34. The van der Waals surface area contributed by atoms with Crippen LogP contribution in [0.4, 0.5) is 5.82 Å². The van der Waals surface area contributed by atoms with Gasteiger partial charge in [-0.15, -0.1) is 11.3 Å². The number of esters is 1. The van der Waals surface area contributed by atoms with Crippen molar-refractivity contribution in [2.75, 3.05) is 37.8 Å². The number of nitrogens with zero attached hydrogens (tertiary/aromatic N) is 4. The van der Waals surface area contributed by atoms with E-state index in [0.717, 1.165) is 63.1 Å². The number of hydrogen-bond donors (Lipinski definition) is 0. The van der Waals surface area contributed by atoms with E-state index in [0.29, 0.717) is 24.8 Å². The summed E-state index contributed by atoms with van der Waals surface area (Å²) in [6.45, 7) is 10.9. The first-order chi connectivity index (χ1) is 16.8. The normalized spacial score (nSPS) is 18.5. The average molecular weight is 517 g/mol. The number of ether oxygens (including phenoxy) is 3. The van der Waals surface area contributed by atoms with E-state index in [2.05, 4.69) is 28.7 Å². The Balaban J connectivity index is 1.68. The van der Waals surface area contributed by atoms with E-state index in [1.165, 1.54) is 30.2 Å². The number of thiophene rings is 1. The molecule has 1 atom stereocenters. The third-order valence-corrected chi connectivity index (χ3v) is 8.69. The van der Waals surface area contributed by atoms with Gasteiger partial charge in [-0.2, -0.15) is 0 Å². The van der Waals surface area contributed by atoms with Crippen molar-refractivity contribution in [3.8, 4) is 0 Å². The van der Waals surface area contributed by atoms with Crippen LogP contribution in [0.1, 0.15) is 38.8 Å². The second kappa shape index (κ2) is 9.61. The third kappa shape index (κ3) is 4.62. The number of rotatable bonds is 6. The predicted octanol–water partition coefficient (Wildman–Crippen LogP) is 3.54. The smallest absolute Gasteiger partial charge is 0.327 e. The molecule has 0 amide bonds. The van der Waals surface area contributed by atoms with Crippen molar-refractivity contribution >= 4 is 61.1 Å². The molecular formula is C24H28N4O5S2. The molecule has 35 heavy (non-hydrogen) atoms. The lowest BCUT2D eigenvalue weighted by molar-refractivity contribution is -0.144. The molecule has 2 aliphatic rings. The van der Waals surface area contributed by atoms with E-state index in [4.69, 9.17) is 19.2 Å². The average Bonchev–Trinajstić information content (AvgIpc) is 3.21. The number of fused-ring (bicyclic) bond motifs is 5. The van der Waals surface area contributed by atoms with Gasteiger partial charge in [-0.25, -0.2) is 15.0 Å². The molecule has 0 radical (unpaired) electrons. The van der Waals surface area contributed by atoms with Crippen LogP contribution in [-0.4, -0.2) is 70.5 Å². The number of ketones is 1. The summed E-state index contributed by atoms with van der Waals surface area (Å²) in [5.41, 5.74) is 2.77. The molecule has 3 aromatic rings. The Morgan fingerprint density at radius 1 is 1.26 bits per heavy atom. The van der Waals surface area contributed by atoms with Gasteiger partial charge in [0.05, 0.1) is 42.2 Å². The summed E-state index contributed by atoms with van der Waals surface area (Å²) in [7, 11) is 0. The van der Waals surface area contributed by atoms with E-state index in [9.17, 15) is 9.59 Å². The second-order valence-electron chi connectivity index (χ2n) is 9.22. The fourth-order valence-electron chi connectivity index (χ4n) is 4.52. The number of thioether (sulfide) groups is 1. The Labute approximate surface area is 211 Å². The number of anilines is 1. The Hall–Kier alpha value is -2.34. The van der Waals surface area contributed by atoms with Crippen LogP contribution in [-0.2, 0) is 36.8 Å². The minimum Gasteiger partial charge on any atom is -0.465 e. The van der Waals surface area contributed by atoms with Gasteiger partial charge in [0.15, 0.2) is 11.0 Å². The molecule has 2 aliphatic heterocycles. The standard InChI is InChI=1S/C24H28N4O5S2/c1-5-32-23(30)18(13(2)29)34-22-19-17(25-12-26-22)16-14-10-24(3,4)33-11-15(14)20(27-21(16)35-19)28-6-8-31-9-7-28/h12,18H,5-11H2,1-4H3. The van der Waals surface area contributed by atoms with E-state index in [1.54, 1.807) is 6.92 Å². The van der Waals surface area contributed by atoms with Crippen LogP contribution in [0, 0.1) is 0 Å². The topological polar surface area (TPSA) is 104 Å². The molecule has 0 N–H and O–H groups in total. The van der Waals surface area contributed by atoms with Crippen molar-refractivity contribution in [1.82, 2.24) is 15.0 Å². The number of Topliss-reactive ketones (excluding diaryl/α,β-unsaturated/α-hetero) is 1. The maximum Gasteiger partial charge on any atom is 0.327 e. The summed E-state index contributed by atoms with van der Waals surface area (Å²) in [6.07, 6.45) is 2.22. The van der Waals surface area contributed by atoms with Gasteiger partial charge < -0.3 is 19.1 Å². The lowest BCUT2D eigenvalue weighted by Gasteiger charge is -2.36. The molecule has 11 heteroatoms. The molecule has 3 aromatic heterocycles. The van der Waals surface area contributed by atoms with Crippen LogP contribution in [0.25, 0.3) is 20.4 Å². The van der Waals surface area contributed by atoms with Gasteiger partial charge in [0.2, 0.25) is 0 Å². The third-order valence-electron chi connectivity index (χ3n) is 6.18. The minimum absolute atomic E-state index is 0.212. The molecule has 0 spiro atoms. The second-order valence-corrected chi connectivity index (χ2v) is 11.3. The van der Waals surface area contributed by atoms with Crippen LogP contribution in [0.5, 0.6) is 0 Å². The van der Waals surface area contributed by atoms with Gasteiger partial charge in [0.1, 0.15) is 22.0 Å². The van der Waals surface area contributed by atoms with Gasteiger partial charge >= 0.3 is 5.97 Å². The van der Waals surface area contributed by atoms with Crippen molar-refractivity contribution < 1.29 is 23.8 Å². The number of pyridine rings is 1. The van der Waals surface area contributed by atoms with Crippen molar-refractivity contribution in [2.45, 2.75) is 56.6 Å². The molecule has 9 nitrogen and oxygen atoms in total. The highest BCUT2D eigenvalue weighted by molar-refractivity contribution is 8.01. The van der Waals surface area contributed by atoms with Crippen LogP contribution in [0.15, 0.2) is 11.4 Å². The van der Waals surface area contributed by atoms with Gasteiger partial charge in [0, 0.05) is 30.5 Å². The molecule has 0 aromatic carbocycles. The zero-order valence-electron chi connectivity index (χ0n) is 20.3.